The molecule has 4 heteroatoms. The van der Waals surface area contributed by atoms with E-state index in [1.165, 1.54) is 71.0 Å². The van der Waals surface area contributed by atoms with Crippen molar-refractivity contribution in [1.29, 1.82) is 0 Å². The standard InChI is InChI=1S/C51H37N3O/c1-3-13-34(14-4-1)48-52-49(54-50(53-48)42-19-12-22-46-47(42)41-18-6-8-21-45(41)55-46)35-25-23-33(24-26-35)36-15-11-16-37(31-36)38-27-28-40-39-17-5-7-20-43(39)51(44(40)32-38)29-9-2-10-30-51/h1,3-8,11-28,31-32H,2,9-10,29-30H2. The highest BCUT2D eigenvalue weighted by Crippen LogP contribution is 2.56. The van der Waals surface area contributed by atoms with Crippen molar-refractivity contribution < 1.29 is 4.42 Å². The lowest BCUT2D eigenvalue weighted by atomic mass is 9.67. The van der Waals surface area contributed by atoms with Crippen LogP contribution in [0.25, 0.3) is 89.5 Å². The molecule has 7 aromatic carbocycles. The van der Waals surface area contributed by atoms with Gasteiger partial charge in [-0.1, -0.05) is 159 Å². The smallest absolute Gasteiger partial charge is 0.164 e. The fraction of sp³-hybridized carbons (Fsp3) is 0.118. The van der Waals surface area contributed by atoms with Crippen molar-refractivity contribution in [3.63, 3.8) is 0 Å². The van der Waals surface area contributed by atoms with Crippen LogP contribution >= 0.6 is 0 Å². The van der Waals surface area contributed by atoms with E-state index in [1.54, 1.807) is 0 Å². The molecule has 2 aliphatic rings. The highest BCUT2D eigenvalue weighted by atomic mass is 16.3. The van der Waals surface area contributed by atoms with Crippen molar-refractivity contribution in [2.45, 2.75) is 37.5 Å². The summed E-state index contributed by atoms with van der Waals surface area (Å²) in [5.74, 6) is 1.88. The molecule has 0 radical (unpaired) electrons. The Morgan fingerprint density at radius 3 is 1.78 bits per heavy atom. The lowest BCUT2D eigenvalue weighted by Gasteiger charge is -2.36. The molecule has 2 aliphatic carbocycles. The molecule has 0 N–H and O–H groups in total. The molecule has 2 aromatic heterocycles. The fourth-order valence-electron chi connectivity index (χ4n) is 9.32. The van der Waals surface area contributed by atoms with Gasteiger partial charge in [-0.3, -0.25) is 0 Å². The highest BCUT2D eigenvalue weighted by molar-refractivity contribution is 6.11. The van der Waals surface area contributed by atoms with Crippen molar-refractivity contribution in [2.75, 3.05) is 0 Å². The quantitative estimate of drug-likeness (QED) is 0.179. The number of hydrogen-bond donors (Lipinski definition) is 0. The van der Waals surface area contributed by atoms with Crippen LogP contribution < -0.4 is 0 Å². The van der Waals surface area contributed by atoms with Crippen LogP contribution in [0, 0.1) is 0 Å². The third-order valence-electron chi connectivity index (χ3n) is 12.0. The van der Waals surface area contributed by atoms with E-state index < -0.39 is 0 Å². The van der Waals surface area contributed by atoms with Gasteiger partial charge in [0.25, 0.3) is 0 Å². The van der Waals surface area contributed by atoms with Crippen molar-refractivity contribution in [1.82, 2.24) is 15.0 Å². The van der Waals surface area contributed by atoms with E-state index >= 15 is 0 Å². The third kappa shape index (κ3) is 5.24. The van der Waals surface area contributed by atoms with Gasteiger partial charge in [0, 0.05) is 32.9 Å². The van der Waals surface area contributed by atoms with Crippen LogP contribution in [-0.4, -0.2) is 15.0 Å². The number of rotatable bonds is 5. The Balaban J connectivity index is 0.965. The van der Waals surface area contributed by atoms with Gasteiger partial charge < -0.3 is 4.42 Å². The molecule has 0 atom stereocenters. The number of hydrogen-bond acceptors (Lipinski definition) is 4. The SMILES string of the molecule is c1ccc(-c2nc(-c3ccc(-c4cccc(-c5ccc6c(c5)C5(CCCCC5)c5ccccc5-6)c4)cc3)nc(-c3cccc4oc5ccccc5c34)n2)cc1. The Bertz CT molecular complexity index is 2900. The summed E-state index contributed by atoms with van der Waals surface area (Å²) < 4.78 is 6.22. The summed E-state index contributed by atoms with van der Waals surface area (Å²) in [4.78, 5) is 15.2. The van der Waals surface area contributed by atoms with Crippen LogP contribution in [0.5, 0.6) is 0 Å². The molecule has 0 saturated heterocycles. The normalized spacial score (nSPS) is 14.3. The second-order valence-electron chi connectivity index (χ2n) is 15.1. The molecule has 1 spiro atoms. The van der Waals surface area contributed by atoms with Crippen LogP contribution in [-0.2, 0) is 5.41 Å². The number of benzene rings is 7. The Morgan fingerprint density at radius 2 is 0.945 bits per heavy atom. The Hall–Kier alpha value is -6.65. The van der Waals surface area contributed by atoms with Gasteiger partial charge in [0.2, 0.25) is 0 Å². The largest absolute Gasteiger partial charge is 0.456 e. The highest BCUT2D eigenvalue weighted by Gasteiger charge is 2.43. The average Bonchev–Trinajstić information content (AvgIpc) is 3.77. The first-order chi connectivity index (χ1) is 27.2. The molecule has 0 bridgehead atoms. The van der Waals surface area contributed by atoms with Gasteiger partial charge in [-0.2, -0.15) is 0 Å². The molecular weight excluding hydrogens is 671 g/mol. The average molecular weight is 708 g/mol. The fourth-order valence-corrected chi connectivity index (χ4v) is 9.32. The van der Waals surface area contributed by atoms with E-state index in [4.69, 9.17) is 19.4 Å². The summed E-state index contributed by atoms with van der Waals surface area (Å²) in [5.41, 5.74) is 15.3. The maximum atomic E-state index is 6.22. The molecule has 0 amide bonds. The summed E-state index contributed by atoms with van der Waals surface area (Å²) >= 11 is 0. The van der Waals surface area contributed by atoms with E-state index in [9.17, 15) is 0 Å². The monoisotopic (exact) mass is 707 g/mol. The first-order valence-electron chi connectivity index (χ1n) is 19.4. The van der Waals surface area contributed by atoms with Crippen LogP contribution in [0.2, 0.25) is 0 Å². The van der Waals surface area contributed by atoms with Gasteiger partial charge >= 0.3 is 0 Å². The minimum atomic E-state index is 0.141. The Morgan fingerprint density at radius 1 is 0.382 bits per heavy atom. The molecule has 4 nitrogen and oxygen atoms in total. The molecule has 9 aromatic rings. The first kappa shape index (κ1) is 31.8. The minimum absolute atomic E-state index is 0.141. The molecule has 0 unspecified atom stereocenters. The van der Waals surface area contributed by atoms with Crippen molar-refractivity contribution in [2.24, 2.45) is 0 Å². The summed E-state index contributed by atoms with van der Waals surface area (Å²) in [6, 6.07) is 58.2. The molecule has 2 heterocycles. The van der Waals surface area contributed by atoms with E-state index in [0.717, 1.165) is 44.2 Å². The molecule has 11 rings (SSSR count). The second-order valence-corrected chi connectivity index (χ2v) is 15.1. The van der Waals surface area contributed by atoms with Gasteiger partial charge in [-0.15, -0.1) is 0 Å². The van der Waals surface area contributed by atoms with Crippen LogP contribution in [0.15, 0.2) is 168 Å². The Kier molecular flexibility index (Phi) is 7.38. The van der Waals surface area contributed by atoms with Crippen LogP contribution in [0.4, 0.5) is 0 Å². The zero-order chi connectivity index (χ0) is 36.3. The number of nitrogens with zero attached hydrogens (tertiary/aromatic N) is 3. The maximum Gasteiger partial charge on any atom is 0.164 e. The maximum absolute atomic E-state index is 6.22. The predicted molar refractivity (Wildman–Crippen MR) is 224 cm³/mol. The summed E-state index contributed by atoms with van der Waals surface area (Å²) in [6.45, 7) is 0. The van der Waals surface area contributed by atoms with Gasteiger partial charge in [-0.25, -0.2) is 15.0 Å². The Labute approximate surface area is 320 Å². The van der Waals surface area contributed by atoms with Gasteiger partial charge in [0.1, 0.15) is 11.2 Å². The second kappa shape index (κ2) is 12.7. The molecule has 55 heavy (non-hydrogen) atoms. The number of furan rings is 1. The molecule has 0 aliphatic heterocycles. The van der Waals surface area contributed by atoms with Gasteiger partial charge in [-0.05, 0) is 81.6 Å². The van der Waals surface area contributed by atoms with Crippen LogP contribution in [0.1, 0.15) is 43.2 Å². The zero-order valence-electron chi connectivity index (χ0n) is 30.4. The van der Waals surface area contributed by atoms with Crippen molar-refractivity contribution >= 4 is 21.9 Å². The lowest BCUT2D eigenvalue weighted by molar-refractivity contribution is 0.353. The zero-order valence-corrected chi connectivity index (χ0v) is 30.4. The molecule has 262 valence electrons. The summed E-state index contributed by atoms with van der Waals surface area (Å²) in [6.07, 6.45) is 6.39. The lowest BCUT2D eigenvalue weighted by Crippen LogP contribution is -2.28. The number of fused-ring (bicyclic) bond motifs is 8. The van der Waals surface area contributed by atoms with Crippen molar-refractivity contribution in [3.8, 4) is 67.5 Å². The third-order valence-corrected chi connectivity index (χ3v) is 12.0. The summed E-state index contributed by atoms with van der Waals surface area (Å²) in [7, 11) is 0. The van der Waals surface area contributed by atoms with Crippen molar-refractivity contribution in [3.05, 3.63) is 175 Å². The predicted octanol–water partition coefficient (Wildman–Crippen LogP) is 13.3. The topological polar surface area (TPSA) is 51.8 Å². The van der Waals surface area contributed by atoms with E-state index in [0.29, 0.717) is 17.5 Å². The van der Waals surface area contributed by atoms with E-state index in [-0.39, 0.29) is 5.41 Å². The molecular formula is C51H37N3O. The van der Waals surface area contributed by atoms with E-state index in [1.807, 2.05) is 60.7 Å². The number of aromatic nitrogens is 3. The van der Waals surface area contributed by atoms with Crippen LogP contribution in [0.3, 0.4) is 0 Å². The van der Waals surface area contributed by atoms with Gasteiger partial charge in [0.15, 0.2) is 17.5 Å². The molecule has 1 fully saturated rings. The summed E-state index contributed by atoms with van der Waals surface area (Å²) in [5, 5.41) is 2.05. The van der Waals surface area contributed by atoms with E-state index in [2.05, 4.69) is 103 Å². The first-order valence-corrected chi connectivity index (χ1v) is 19.4. The van der Waals surface area contributed by atoms with Gasteiger partial charge in [0.05, 0.1) is 0 Å². The molecule has 1 saturated carbocycles. The number of para-hydroxylation sites is 1. The minimum Gasteiger partial charge on any atom is -0.456 e.